The number of pyridine rings is 1. The van der Waals surface area contributed by atoms with Crippen molar-refractivity contribution in [2.24, 2.45) is 0 Å². The first kappa shape index (κ1) is 20.5. The van der Waals surface area contributed by atoms with Gasteiger partial charge in [-0.05, 0) is 48.8 Å². The molecule has 0 amide bonds. The molecule has 0 radical (unpaired) electrons. The van der Waals surface area contributed by atoms with E-state index in [-0.39, 0.29) is 22.6 Å². The molecule has 0 aliphatic rings. The number of nitrogens with one attached hydrogen (secondary N) is 1. The molecule has 0 saturated carbocycles. The van der Waals surface area contributed by atoms with Gasteiger partial charge >= 0.3 is 17.1 Å². The van der Waals surface area contributed by atoms with Gasteiger partial charge in [0.2, 0.25) is 0 Å². The minimum absolute atomic E-state index is 0. The Kier molecular flexibility index (Phi) is 6.87. The van der Waals surface area contributed by atoms with Gasteiger partial charge in [0.25, 0.3) is 0 Å². The minimum atomic E-state index is -0.0282. The second-order valence-corrected chi connectivity index (χ2v) is 7.81. The molecule has 2 aromatic carbocycles. The number of halogens is 1. The Morgan fingerprint density at radius 2 is 1.73 bits per heavy atom. The summed E-state index contributed by atoms with van der Waals surface area (Å²) in [4.78, 5) is 4.76. The van der Waals surface area contributed by atoms with E-state index >= 15 is 0 Å². The fraction of sp³-hybridized carbons (Fsp3) is 0.190. The van der Waals surface area contributed by atoms with Gasteiger partial charge in [-0.1, -0.05) is 5.56 Å². The van der Waals surface area contributed by atoms with Crippen molar-refractivity contribution < 1.29 is 17.1 Å². The van der Waals surface area contributed by atoms with Crippen LogP contribution in [0.5, 0.6) is 0 Å². The summed E-state index contributed by atoms with van der Waals surface area (Å²) < 4.78 is 3.13. The first-order valence-corrected chi connectivity index (χ1v) is 9.08. The SMILES string of the molecule is CC(C)(C)Nc1c(-[c-]2cccc2)nc2ccc(Br)cn12.[Fe+2].c1cc[cH-]c1. The van der Waals surface area contributed by atoms with Crippen LogP contribution in [0.15, 0.2) is 77.4 Å². The number of rotatable bonds is 2. The molecule has 4 aromatic rings. The summed E-state index contributed by atoms with van der Waals surface area (Å²) >= 11 is 3.53. The molecule has 0 unspecified atom stereocenters. The van der Waals surface area contributed by atoms with Crippen LogP contribution in [-0.4, -0.2) is 14.9 Å². The maximum atomic E-state index is 4.76. The second kappa shape index (κ2) is 8.72. The van der Waals surface area contributed by atoms with E-state index in [4.69, 9.17) is 4.98 Å². The van der Waals surface area contributed by atoms with Crippen LogP contribution in [0.3, 0.4) is 0 Å². The Morgan fingerprint density at radius 3 is 2.27 bits per heavy atom. The number of fused-ring (bicyclic) bond motifs is 1. The average molecular weight is 452 g/mol. The van der Waals surface area contributed by atoms with Crippen molar-refractivity contribution in [1.82, 2.24) is 9.38 Å². The number of imidazole rings is 1. The fourth-order valence-electron chi connectivity index (χ4n) is 2.55. The van der Waals surface area contributed by atoms with E-state index in [1.54, 1.807) is 0 Å². The molecule has 1 N–H and O–H groups in total. The molecule has 136 valence electrons. The monoisotopic (exact) mass is 451 g/mol. The van der Waals surface area contributed by atoms with Gasteiger partial charge in [0.15, 0.2) is 0 Å². The first-order valence-electron chi connectivity index (χ1n) is 8.28. The zero-order valence-electron chi connectivity index (χ0n) is 15.1. The number of aromatic nitrogens is 2. The van der Waals surface area contributed by atoms with Crippen LogP contribution >= 0.6 is 15.9 Å². The van der Waals surface area contributed by atoms with Crippen LogP contribution in [0, 0.1) is 0 Å². The van der Waals surface area contributed by atoms with Gasteiger partial charge in [-0.25, -0.2) is 17.1 Å². The molecule has 0 spiro atoms. The van der Waals surface area contributed by atoms with Gasteiger partial charge in [0, 0.05) is 21.9 Å². The smallest absolute Gasteiger partial charge is 0.403 e. The van der Waals surface area contributed by atoms with E-state index in [0.29, 0.717) is 0 Å². The van der Waals surface area contributed by atoms with E-state index < -0.39 is 0 Å². The van der Waals surface area contributed by atoms with Crippen molar-refractivity contribution >= 4 is 27.4 Å². The first-order chi connectivity index (χ1) is 11.9. The Balaban J connectivity index is 0.000000351. The zero-order chi connectivity index (χ0) is 17.9. The van der Waals surface area contributed by atoms with E-state index in [9.17, 15) is 0 Å². The van der Waals surface area contributed by atoms with Crippen LogP contribution in [0.4, 0.5) is 5.82 Å². The third-order valence-corrected chi connectivity index (χ3v) is 4.04. The Bertz CT molecular complexity index is 899. The third-order valence-electron chi connectivity index (χ3n) is 3.57. The fourth-order valence-corrected chi connectivity index (χ4v) is 2.88. The summed E-state index contributed by atoms with van der Waals surface area (Å²) in [6.45, 7) is 6.46. The van der Waals surface area contributed by atoms with Crippen molar-refractivity contribution in [3.63, 3.8) is 0 Å². The van der Waals surface area contributed by atoms with Crippen LogP contribution in [0.1, 0.15) is 20.8 Å². The zero-order valence-corrected chi connectivity index (χ0v) is 17.7. The summed E-state index contributed by atoms with van der Waals surface area (Å²) in [7, 11) is 0. The maximum Gasteiger partial charge on any atom is 2.00 e. The molecule has 0 bridgehead atoms. The largest absolute Gasteiger partial charge is 2.00 e. The molecular formula is C21H22BrFeN3. The normalized spacial score (nSPS) is 10.8. The minimum Gasteiger partial charge on any atom is -0.403 e. The summed E-state index contributed by atoms with van der Waals surface area (Å²) in [5.41, 5.74) is 3.04. The average Bonchev–Trinajstić information content (AvgIpc) is 3.29. The van der Waals surface area contributed by atoms with Gasteiger partial charge in [0.05, 0.1) is 5.82 Å². The molecule has 2 aromatic heterocycles. The molecule has 0 atom stereocenters. The topological polar surface area (TPSA) is 29.3 Å². The Morgan fingerprint density at radius 1 is 1.08 bits per heavy atom. The molecule has 5 heteroatoms. The van der Waals surface area contributed by atoms with Crippen molar-refractivity contribution in [1.29, 1.82) is 0 Å². The van der Waals surface area contributed by atoms with Crippen LogP contribution in [0.25, 0.3) is 16.9 Å². The molecule has 2 heterocycles. The molecule has 0 saturated heterocycles. The predicted molar refractivity (Wildman–Crippen MR) is 109 cm³/mol. The van der Waals surface area contributed by atoms with Crippen molar-refractivity contribution in [3.8, 4) is 11.3 Å². The summed E-state index contributed by atoms with van der Waals surface area (Å²) in [6, 6.07) is 22.3. The van der Waals surface area contributed by atoms with E-state index in [0.717, 1.165) is 27.2 Å². The Labute approximate surface area is 173 Å². The van der Waals surface area contributed by atoms with Crippen LogP contribution in [0.2, 0.25) is 0 Å². The summed E-state index contributed by atoms with van der Waals surface area (Å²) in [6.07, 6.45) is 2.04. The van der Waals surface area contributed by atoms with Gasteiger partial charge < -0.3 is 9.72 Å². The molecular weight excluding hydrogens is 430 g/mol. The van der Waals surface area contributed by atoms with E-state index in [1.807, 2.05) is 60.8 Å². The van der Waals surface area contributed by atoms with Gasteiger partial charge in [-0.3, -0.25) is 0 Å². The van der Waals surface area contributed by atoms with Gasteiger partial charge in [-0.15, -0.1) is 12.1 Å². The second-order valence-electron chi connectivity index (χ2n) is 6.90. The molecule has 0 aliphatic heterocycles. The predicted octanol–water partition coefficient (Wildman–Crippen LogP) is 6.10. The van der Waals surface area contributed by atoms with Crippen LogP contribution < -0.4 is 5.32 Å². The number of nitrogens with zero attached hydrogens (tertiary/aromatic N) is 2. The Hall–Kier alpha value is -1.81. The van der Waals surface area contributed by atoms with Gasteiger partial charge in [-0.2, -0.15) is 30.3 Å². The van der Waals surface area contributed by atoms with E-state index in [2.05, 4.69) is 58.6 Å². The third kappa shape index (κ3) is 5.10. The quantitative estimate of drug-likeness (QED) is 0.295. The summed E-state index contributed by atoms with van der Waals surface area (Å²) in [5, 5.41) is 3.57. The maximum absolute atomic E-state index is 4.76. The summed E-state index contributed by atoms with van der Waals surface area (Å²) in [5.74, 6) is 1.03. The number of hydrogen-bond acceptors (Lipinski definition) is 2. The van der Waals surface area contributed by atoms with E-state index in [1.165, 1.54) is 0 Å². The molecule has 26 heavy (non-hydrogen) atoms. The molecule has 0 fully saturated rings. The number of hydrogen-bond donors (Lipinski definition) is 1. The van der Waals surface area contributed by atoms with Crippen molar-refractivity contribution in [2.45, 2.75) is 26.3 Å². The van der Waals surface area contributed by atoms with Crippen LogP contribution in [-0.2, 0) is 17.1 Å². The molecule has 4 rings (SSSR count). The standard InChI is InChI=1S/C16H17BrN3.C5H5.Fe/c1-16(2,3)19-15-14(11-6-4-5-7-11)18-13-9-8-12(17)10-20(13)15;1-2-4-5-3-1;/h4-10,19H,1-3H3;1-5H;/q2*-1;+2. The molecule has 0 aliphatic carbocycles. The van der Waals surface area contributed by atoms with Crippen molar-refractivity contribution in [2.75, 3.05) is 5.32 Å². The van der Waals surface area contributed by atoms with Gasteiger partial charge in [0.1, 0.15) is 5.65 Å². The molecule has 3 nitrogen and oxygen atoms in total. The van der Waals surface area contributed by atoms with Crippen molar-refractivity contribution in [3.05, 3.63) is 77.4 Å². The number of anilines is 1.